The molecule has 1 aliphatic carbocycles. The van der Waals surface area contributed by atoms with E-state index in [0.717, 1.165) is 6.54 Å². The zero-order valence-electron chi connectivity index (χ0n) is 13.2. The molecule has 0 fully saturated rings. The zero-order valence-corrected chi connectivity index (χ0v) is 13.2. The van der Waals surface area contributed by atoms with Crippen LogP contribution in [0.3, 0.4) is 0 Å². The van der Waals surface area contributed by atoms with E-state index < -0.39 is 0 Å². The van der Waals surface area contributed by atoms with Crippen LogP contribution in [-0.4, -0.2) is 37.1 Å². The highest BCUT2D eigenvalue weighted by Crippen LogP contribution is 2.33. The number of ketones is 2. The summed E-state index contributed by atoms with van der Waals surface area (Å²) in [6, 6.07) is 0. The van der Waals surface area contributed by atoms with Crippen molar-refractivity contribution in [2.45, 2.75) is 41.0 Å². The largest absolute Gasteiger partial charge is 0.309 e. The van der Waals surface area contributed by atoms with E-state index in [2.05, 4.69) is 18.7 Å². The molecule has 3 heteroatoms. The van der Waals surface area contributed by atoms with Gasteiger partial charge in [-0.25, -0.2) is 0 Å². The maximum absolute atomic E-state index is 12.4. The summed E-state index contributed by atoms with van der Waals surface area (Å²) in [7, 11) is 4.04. The second-order valence-electron chi connectivity index (χ2n) is 6.59. The maximum Gasteiger partial charge on any atom is 0.185 e. The number of carbonyl (C=O) groups is 2. The first-order valence-corrected chi connectivity index (χ1v) is 6.68. The van der Waals surface area contributed by atoms with Crippen LogP contribution in [0, 0.1) is 5.41 Å². The lowest BCUT2D eigenvalue weighted by Crippen LogP contribution is -2.31. The van der Waals surface area contributed by atoms with Crippen molar-refractivity contribution in [2.24, 2.45) is 5.41 Å². The molecular weight excluding hydrogens is 238 g/mol. The summed E-state index contributed by atoms with van der Waals surface area (Å²) < 4.78 is 0. The van der Waals surface area contributed by atoms with Crippen molar-refractivity contribution in [3.05, 3.63) is 22.3 Å². The summed E-state index contributed by atoms with van der Waals surface area (Å²) in [6.45, 7) is 10.4. The molecule has 0 spiro atoms. The van der Waals surface area contributed by atoms with Gasteiger partial charge in [-0.05, 0) is 46.7 Å². The molecule has 0 saturated heterocycles. The monoisotopic (exact) mass is 263 g/mol. The molecule has 0 aromatic carbocycles. The fourth-order valence-corrected chi connectivity index (χ4v) is 2.76. The standard InChI is InChI=1S/C16H25NO2/c1-10-11(2)15(19)13(12(3)14(10)18)8-16(4,5)9-17(6)7/h8-9H2,1-7H3. The molecule has 1 aliphatic rings. The molecule has 0 radical (unpaired) electrons. The molecule has 19 heavy (non-hydrogen) atoms. The first kappa shape index (κ1) is 15.8. The van der Waals surface area contributed by atoms with Gasteiger partial charge in [0.15, 0.2) is 11.6 Å². The highest BCUT2D eigenvalue weighted by Gasteiger charge is 2.31. The molecule has 0 N–H and O–H groups in total. The summed E-state index contributed by atoms with van der Waals surface area (Å²) in [5, 5.41) is 0. The lowest BCUT2D eigenvalue weighted by Gasteiger charge is -2.31. The molecule has 0 aromatic heterocycles. The van der Waals surface area contributed by atoms with E-state index >= 15 is 0 Å². The normalized spacial score (nSPS) is 17.9. The molecular formula is C16H25NO2. The quantitative estimate of drug-likeness (QED) is 0.732. The van der Waals surface area contributed by atoms with Crippen LogP contribution >= 0.6 is 0 Å². The van der Waals surface area contributed by atoms with E-state index in [1.807, 2.05) is 14.1 Å². The Hall–Kier alpha value is -1.22. The third kappa shape index (κ3) is 3.41. The third-order valence-electron chi connectivity index (χ3n) is 3.71. The minimum absolute atomic E-state index is 0.0211. The number of nitrogens with zero attached hydrogens (tertiary/aromatic N) is 1. The summed E-state index contributed by atoms with van der Waals surface area (Å²) in [6.07, 6.45) is 0.645. The van der Waals surface area contributed by atoms with Gasteiger partial charge in [0.25, 0.3) is 0 Å². The average Bonchev–Trinajstić information content (AvgIpc) is 2.28. The summed E-state index contributed by atoms with van der Waals surface area (Å²) in [4.78, 5) is 26.6. The van der Waals surface area contributed by atoms with E-state index in [1.54, 1.807) is 20.8 Å². The van der Waals surface area contributed by atoms with Crippen molar-refractivity contribution in [3.63, 3.8) is 0 Å². The lowest BCUT2D eigenvalue weighted by atomic mass is 9.77. The Kier molecular flexibility index (Phi) is 4.51. The van der Waals surface area contributed by atoms with Crippen molar-refractivity contribution >= 4 is 11.6 Å². The van der Waals surface area contributed by atoms with E-state index in [4.69, 9.17) is 0 Å². The van der Waals surface area contributed by atoms with Crippen LogP contribution in [0.25, 0.3) is 0 Å². The van der Waals surface area contributed by atoms with Crippen LogP contribution in [0.2, 0.25) is 0 Å². The SMILES string of the molecule is CC1=C(C)C(=O)C(CC(C)(C)CN(C)C)=C(C)C1=O. The number of allylic oxidation sites excluding steroid dienone is 4. The van der Waals surface area contributed by atoms with Gasteiger partial charge in [0, 0.05) is 28.8 Å². The van der Waals surface area contributed by atoms with Gasteiger partial charge in [-0.1, -0.05) is 13.8 Å². The summed E-state index contributed by atoms with van der Waals surface area (Å²) in [5.41, 5.74) is 2.49. The lowest BCUT2D eigenvalue weighted by molar-refractivity contribution is -0.116. The highest BCUT2D eigenvalue weighted by atomic mass is 16.1. The Morgan fingerprint density at radius 2 is 1.37 bits per heavy atom. The van der Waals surface area contributed by atoms with Gasteiger partial charge in [-0.15, -0.1) is 0 Å². The Morgan fingerprint density at radius 3 is 1.84 bits per heavy atom. The van der Waals surface area contributed by atoms with Gasteiger partial charge < -0.3 is 4.90 Å². The zero-order chi connectivity index (χ0) is 15.0. The van der Waals surface area contributed by atoms with Gasteiger partial charge in [-0.2, -0.15) is 0 Å². The van der Waals surface area contributed by atoms with E-state index in [-0.39, 0.29) is 17.0 Å². The van der Waals surface area contributed by atoms with Crippen molar-refractivity contribution in [2.75, 3.05) is 20.6 Å². The number of Topliss-reactive ketones (excluding diaryl/α,β-unsaturated/α-hetero) is 2. The summed E-state index contributed by atoms with van der Waals surface area (Å²) >= 11 is 0. The van der Waals surface area contributed by atoms with Gasteiger partial charge in [0.05, 0.1) is 0 Å². The van der Waals surface area contributed by atoms with Crippen molar-refractivity contribution in [3.8, 4) is 0 Å². The molecule has 0 atom stereocenters. The average molecular weight is 263 g/mol. The maximum atomic E-state index is 12.4. The molecule has 0 unspecified atom stereocenters. The van der Waals surface area contributed by atoms with Gasteiger partial charge in [0.2, 0.25) is 0 Å². The summed E-state index contributed by atoms with van der Waals surface area (Å²) in [5.74, 6) is 0.0641. The van der Waals surface area contributed by atoms with Crippen LogP contribution in [0.15, 0.2) is 22.3 Å². The predicted octanol–water partition coefficient (Wildman–Crippen LogP) is 2.77. The van der Waals surface area contributed by atoms with Gasteiger partial charge in [0.1, 0.15) is 0 Å². The Balaban J connectivity index is 3.07. The molecule has 0 aliphatic heterocycles. The fraction of sp³-hybridized carbons (Fsp3) is 0.625. The van der Waals surface area contributed by atoms with Crippen molar-refractivity contribution in [1.29, 1.82) is 0 Å². The molecule has 0 heterocycles. The molecule has 106 valence electrons. The van der Waals surface area contributed by atoms with Crippen LogP contribution in [0.1, 0.15) is 41.0 Å². The molecule has 0 bridgehead atoms. The first-order valence-electron chi connectivity index (χ1n) is 6.68. The van der Waals surface area contributed by atoms with E-state index in [1.165, 1.54) is 0 Å². The number of carbonyl (C=O) groups excluding carboxylic acids is 2. The minimum atomic E-state index is -0.0262. The topological polar surface area (TPSA) is 37.4 Å². The second kappa shape index (κ2) is 5.41. The molecule has 0 amide bonds. The van der Waals surface area contributed by atoms with Crippen LogP contribution in [0.5, 0.6) is 0 Å². The van der Waals surface area contributed by atoms with Gasteiger partial charge >= 0.3 is 0 Å². The van der Waals surface area contributed by atoms with Crippen LogP contribution in [0.4, 0.5) is 0 Å². The Labute approximate surface area is 116 Å². The predicted molar refractivity (Wildman–Crippen MR) is 78.0 cm³/mol. The number of rotatable bonds is 4. The van der Waals surface area contributed by atoms with E-state index in [9.17, 15) is 9.59 Å². The third-order valence-corrected chi connectivity index (χ3v) is 3.71. The van der Waals surface area contributed by atoms with Crippen molar-refractivity contribution < 1.29 is 9.59 Å². The highest BCUT2D eigenvalue weighted by molar-refractivity contribution is 6.24. The number of hydrogen-bond donors (Lipinski definition) is 0. The fourth-order valence-electron chi connectivity index (χ4n) is 2.76. The smallest absolute Gasteiger partial charge is 0.185 e. The van der Waals surface area contributed by atoms with Crippen molar-refractivity contribution in [1.82, 2.24) is 4.90 Å². The molecule has 3 nitrogen and oxygen atoms in total. The Bertz CT molecular complexity index is 479. The second-order valence-corrected chi connectivity index (χ2v) is 6.59. The van der Waals surface area contributed by atoms with Crippen LogP contribution in [-0.2, 0) is 9.59 Å². The molecule has 1 rings (SSSR count). The molecule has 0 aromatic rings. The number of hydrogen-bond acceptors (Lipinski definition) is 3. The minimum Gasteiger partial charge on any atom is -0.309 e. The first-order chi connectivity index (χ1) is 8.57. The molecule has 0 saturated carbocycles. The Morgan fingerprint density at radius 1 is 0.895 bits per heavy atom. The van der Waals surface area contributed by atoms with Crippen LogP contribution < -0.4 is 0 Å². The van der Waals surface area contributed by atoms with Gasteiger partial charge in [-0.3, -0.25) is 9.59 Å². The van der Waals surface area contributed by atoms with E-state index in [0.29, 0.717) is 28.7 Å².